The summed E-state index contributed by atoms with van der Waals surface area (Å²) in [6.45, 7) is 1.64. The average Bonchev–Trinajstić information content (AvgIpc) is 3.16. The fraction of sp³-hybridized carbons (Fsp3) is 0.0909. The van der Waals surface area contributed by atoms with Crippen molar-refractivity contribution in [3.05, 3.63) is 82.8 Å². The van der Waals surface area contributed by atoms with E-state index < -0.39 is 11.7 Å². The molecule has 0 spiro atoms. The van der Waals surface area contributed by atoms with E-state index in [0.29, 0.717) is 33.6 Å². The number of aromatic nitrogens is 3. The number of halogens is 3. The van der Waals surface area contributed by atoms with E-state index in [1.165, 1.54) is 24.5 Å². The summed E-state index contributed by atoms with van der Waals surface area (Å²) in [6.07, 6.45) is 2.79. The molecule has 2 aromatic heterocycles. The van der Waals surface area contributed by atoms with Gasteiger partial charge in [0.25, 0.3) is 0 Å². The molecule has 0 saturated carbocycles. The third-order valence-electron chi connectivity index (χ3n) is 4.58. The maximum absolute atomic E-state index is 13.7. The topological polar surface area (TPSA) is 80.9 Å². The number of benzene rings is 2. The Morgan fingerprint density at radius 1 is 1.16 bits per heavy atom. The number of nitrogens with zero attached hydrogens (tertiary/aromatic N) is 3. The molecule has 1 N–H and O–H groups in total. The summed E-state index contributed by atoms with van der Waals surface area (Å²) in [5.74, 6) is -1.21. The molecule has 0 bridgehead atoms. The van der Waals surface area contributed by atoms with Gasteiger partial charge in [-0.2, -0.15) is 0 Å². The van der Waals surface area contributed by atoms with Crippen LogP contribution in [0.25, 0.3) is 22.5 Å². The molecule has 9 heteroatoms. The normalized spacial score (nSPS) is 10.8. The highest BCUT2D eigenvalue weighted by Gasteiger charge is 2.23. The second-order valence-corrected chi connectivity index (χ2v) is 7.16. The van der Waals surface area contributed by atoms with Gasteiger partial charge in [-0.15, -0.1) is 0 Å². The molecule has 0 fully saturated rings. The maximum atomic E-state index is 13.7. The number of rotatable bonds is 5. The van der Waals surface area contributed by atoms with Crippen molar-refractivity contribution in [1.29, 1.82) is 0 Å². The highest BCUT2D eigenvalue weighted by Crippen LogP contribution is 2.37. The van der Waals surface area contributed by atoms with Crippen molar-refractivity contribution in [3.8, 4) is 22.5 Å². The van der Waals surface area contributed by atoms with Crippen LogP contribution in [0.3, 0.4) is 0 Å². The third kappa shape index (κ3) is 4.44. The van der Waals surface area contributed by atoms with E-state index in [2.05, 4.69) is 20.4 Å². The smallest absolute Gasteiger partial charge is 0.241 e. The molecule has 31 heavy (non-hydrogen) atoms. The molecule has 0 aliphatic carbocycles. The third-order valence-corrected chi connectivity index (χ3v) is 4.93. The van der Waals surface area contributed by atoms with Gasteiger partial charge in [0.1, 0.15) is 23.7 Å². The highest BCUT2D eigenvalue weighted by molar-refractivity contribution is 6.31. The van der Waals surface area contributed by atoms with E-state index in [-0.39, 0.29) is 23.1 Å². The number of amides is 1. The van der Waals surface area contributed by atoms with Crippen molar-refractivity contribution in [2.45, 2.75) is 13.3 Å². The lowest BCUT2D eigenvalue weighted by atomic mass is 10.0. The van der Waals surface area contributed by atoms with Crippen LogP contribution in [0, 0.1) is 18.6 Å². The first-order valence-electron chi connectivity index (χ1n) is 9.18. The minimum atomic E-state index is -0.491. The number of carbonyl (C=O) groups is 1. The second-order valence-electron chi connectivity index (χ2n) is 6.75. The van der Waals surface area contributed by atoms with Crippen LogP contribution < -0.4 is 5.32 Å². The summed E-state index contributed by atoms with van der Waals surface area (Å²) in [4.78, 5) is 20.7. The van der Waals surface area contributed by atoms with Crippen LogP contribution in [0.15, 0.2) is 59.5 Å². The first-order chi connectivity index (χ1) is 14.9. The van der Waals surface area contributed by atoms with Crippen LogP contribution in [0.2, 0.25) is 5.02 Å². The van der Waals surface area contributed by atoms with Gasteiger partial charge in [-0.05, 0) is 54.4 Å². The van der Waals surface area contributed by atoms with Crippen molar-refractivity contribution in [2.24, 2.45) is 0 Å². The second kappa shape index (κ2) is 8.61. The van der Waals surface area contributed by atoms with Gasteiger partial charge in [-0.25, -0.2) is 18.7 Å². The first-order valence-corrected chi connectivity index (χ1v) is 9.56. The van der Waals surface area contributed by atoms with Crippen LogP contribution in [0.5, 0.6) is 0 Å². The lowest BCUT2D eigenvalue weighted by Crippen LogP contribution is -2.15. The van der Waals surface area contributed by atoms with Crippen molar-refractivity contribution in [2.75, 3.05) is 5.32 Å². The minimum Gasteiger partial charge on any atom is -0.337 e. The zero-order chi connectivity index (χ0) is 22.0. The molecule has 6 nitrogen and oxygen atoms in total. The Balaban J connectivity index is 1.70. The number of aryl methyl sites for hydroxylation is 1. The van der Waals surface area contributed by atoms with Gasteiger partial charge < -0.3 is 4.52 Å². The number of hydrogen-bond acceptors (Lipinski definition) is 5. The van der Waals surface area contributed by atoms with Crippen LogP contribution in [-0.2, 0) is 11.2 Å². The molecule has 4 rings (SSSR count). The number of nitrogens with one attached hydrogen (secondary N) is 1. The van der Waals surface area contributed by atoms with E-state index in [0.717, 1.165) is 6.07 Å². The summed E-state index contributed by atoms with van der Waals surface area (Å²) in [7, 11) is 0. The van der Waals surface area contributed by atoms with Crippen molar-refractivity contribution >= 4 is 23.4 Å². The van der Waals surface area contributed by atoms with Gasteiger partial charge in [0.15, 0.2) is 0 Å². The van der Waals surface area contributed by atoms with Crippen molar-refractivity contribution in [3.63, 3.8) is 0 Å². The van der Waals surface area contributed by atoms with Crippen LogP contribution >= 0.6 is 11.6 Å². The SMILES string of the molecule is Cc1cc(-c2noc(NC(=O)Cc3ccc(F)cc3Cl)c2-c2ccncn2)ccc1F. The van der Waals surface area contributed by atoms with Gasteiger partial charge in [0.2, 0.25) is 11.8 Å². The molecule has 0 unspecified atom stereocenters. The lowest BCUT2D eigenvalue weighted by Gasteiger charge is -2.07. The predicted molar refractivity (Wildman–Crippen MR) is 111 cm³/mol. The summed E-state index contributed by atoms with van der Waals surface area (Å²) >= 11 is 6.01. The molecule has 0 atom stereocenters. The Morgan fingerprint density at radius 2 is 2.00 bits per heavy atom. The molecular formula is C22H15ClF2N4O2. The van der Waals surface area contributed by atoms with E-state index >= 15 is 0 Å². The molecule has 0 aliphatic heterocycles. The summed E-state index contributed by atoms with van der Waals surface area (Å²) < 4.78 is 32.4. The maximum Gasteiger partial charge on any atom is 0.241 e. The monoisotopic (exact) mass is 440 g/mol. The fourth-order valence-electron chi connectivity index (χ4n) is 3.05. The Hall–Kier alpha value is -3.65. The van der Waals surface area contributed by atoms with Gasteiger partial charge in [0, 0.05) is 16.8 Å². The van der Waals surface area contributed by atoms with E-state index in [4.69, 9.17) is 16.1 Å². The zero-order valence-electron chi connectivity index (χ0n) is 16.2. The Bertz CT molecular complexity index is 1260. The molecule has 1 amide bonds. The van der Waals surface area contributed by atoms with E-state index in [1.54, 1.807) is 31.3 Å². The van der Waals surface area contributed by atoms with E-state index in [9.17, 15) is 13.6 Å². The Labute approximate surface area is 180 Å². The van der Waals surface area contributed by atoms with Crippen molar-refractivity contribution in [1.82, 2.24) is 15.1 Å². The number of hydrogen-bond donors (Lipinski definition) is 1. The van der Waals surface area contributed by atoms with Crippen LogP contribution in [-0.4, -0.2) is 21.0 Å². The van der Waals surface area contributed by atoms with Crippen molar-refractivity contribution < 1.29 is 18.1 Å². The van der Waals surface area contributed by atoms with Gasteiger partial charge in [-0.3, -0.25) is 10.1 Å². The van der Waals surface area contributed by atoms with Gasteiger partial charge in [0.05, 0.1) is 17.7 Å². The molecule has 0 aliphatic rings. The standard InChI is InChI=1S/C22H15ClF2N4O2/c1-12-8-14(3-5-17(12)25)21-20(18-6-7-26-11-27-18)22(31-29-21)28-19(30)9-13-2-4-15(24)10-16(13)23/h2-8,10-11H,9H2,1H3,(H,28,30). The number of carbonyl (C=O) groups excluding carboxylic acids is 1. The summed E-state index contributed by atoms with van der Waals surface area (Å²) in [6, 6.07) is 9.97. The molecule has 4 aromatic rings. The highest BCUT2D eigenvalue weighted by atomic mass is 35.5. The minimum absolute atomic E-state index is 0.0684. The molecule has 2 aromatic carbocycles. The molecule has 2 heterocycles. The molecule has 156 valence electrons. The Kier molecular flexibility index (Phi) is 5.73. The summed E-state index contributed by atoms with van der Waals surface area (Å²) in [5.41, 5.74) is 2.76. The fourth-order valence-corrected chi connectivity index (χ4v) is 3.28. The largest absolute Gasteiger partial charge is 0.337 e. The molecule has 0 saturated heterocycles. The molecular weight excluding hydrogens is 426 g/mol. The zero-order valence-corrected chi connectivity index (χ0v) is 17.0. The average molecular weight is 441 g/mol. The van der Waals surface area contributed by atoms with Crippen LogP contribution in [0.4, 0.5) is 14.7 Å². The quantitative estimate of drug-likeness (QED) is 0.460. The summed E-state index contributed by atoms with van der Waals surface area (Å²) in [5, 5.41) is 6.88. The first kappa shape index (κ1) is 20.6. The van der Waals surface area contributed by atoms with E-state index in [1.807, 2.05) is 0 Å². The van der Waals surface area contributed by atoms with Crippen LogP contribution in [0.1, 0.15) is 11.1 Å². The number of anilines is 1. The molecule has 0 radical (unpaired) electrons. The lowest BCUT2D eigenvalue weighted by molar-refractivity contribution is -0.115. The Morgan fingerprint density at radius 3 is 2.71 bits per heavy atom. The van der Waals surface area contributed by atoms with Gasteiger partial charge >= 0.3 is 0 Å². The van der Waals surface area contributed by atoms with Gasteiger partial charge in [-0.1, -0.05) is 22.8 Å². The predicted octanol–water partition coefficient (Wildman–Crippen LogP) is 5.22.